The van der Waals surface area contributed by atoms with Gasteiger partial charge in [-0.2, -0.15) is 0 Å². The number of pyridine rings is 1. The topological polar surface area (TPSA) is 20.5 Å². The number of rotatable bonds is 2. The van der Waals surface area contributed by atoms with Gasteiger partial charge >= 0.3 is 0 Å². The number of aryl methyl sites for hydroxylation is 1. The molecule has 0 saturated heterocycles. The van der Waals surface area contributed by atoms with Crippen LogP contribution in [-0.4, -0.2) is 15.3 Å². The third-order valence-electron chi connectivity index (χ3n) is 3.83. The average molecular weight is 362 g/mol. The van der Waals surface area contributed by atoms with Gasteiger partial charge in [0.1, 0.15) is 5.65 Å². The molecule has 1 aliphatic heterocycles. The average Bonchev–Trinajstić information content (AvgIpc) is 3.10. The van der Waals surface area contributed by atoms with Crippen LogP contribution in [-0.2, 0) is 0 Å². The summed E-state index contributed by atoms with van der Waals surface area (Å²) >= 11 is 13.9. The van der Waals surface area contributed by atoms with Gasteiger partial charge in [0.15, 0.2) is 0 Å². The van der Waals surface area contributed by atoms with E-state index in [2.05, 4.69) is 19.7 Å². The Kier molecular flexibility index (Phi) is 3.76. The van der Waals surface area contributed by atoms with Crippen molar-refractivity contribution in [3.8, 4) is 0 Å². The molecular formula is C17H13Cl2N3S. The standard InChI is InChI=1S/C17H13Cl2N3S/c1-11-17(21-7-6-13(19)8-16(21)20-11)15-9-23-10-22(15)14-4-2-12(18)3-5-14/h2-9H,10H2,1H3. The van der Waals surface area contributed by atoms with Crippen molar-refractivity contribution in [2.75, 3.05) is 10.8 Å². The highest BCUT2D eigenvalue weighted by Gasteiger charge is 2.24. The summed E-state index contributed by atoms with van der Waals surface area (Å²) in [5.74, 6) is 0.872. The van der Waals surface area contributed by atoms with E-state index in [0.29, 0.717) is 5.02 Å². The molecule has 4 rings (SSSR count). The molecule has 3 heterocycles. The van der Waals surface area contributed by atoms with E-state index in [1.165, 1.54) is 0 Å². The Morgan fingerprint density at radius 1 is 1.09 bits per heavy atom. The molecular weight excluding hydrogens is 349 g/mol. The normalized spacial score (nSPS) is 14.6. The van der Waals surface area contributed by atoms with Gasteiger partial charge in [-0.15, -0.1) is 11.8 Å². The largest absolute Gasteiger partial charge is 0.329 e. The van der Waals surface area contributed by atoms with Crippen LogP contribution in [0.5, 0.6) is 0 Å². The first-order chi connectivity index (χ1) is 11.1. The van der Waals surface area contributed by atoms with Crippen LogP contribution < -0.4 is 4.90 Å². The van der Waals surface area contributed by atoms with Gasteiger partial charge in [0.05, 0.1) is 23.0 Å². The SMILES string of the molecule is Cc1nc2cc(Cl)ccn2c1C1=CSCN1c1ccc(Cl)cc1. The lowest BCUT2D eigenvalue weighted by molar-refractivity contribution is 1.10. The van der Waals surface area contributed by atoms with E-state index in [1.54, 1.807) is 11.8 Å². The van der Waals surface area contributed by atoms with Crippen LogP contribution in [0.2, 0.25) is 10.0 Å². The van der Waals surface area contributed by atoms with Gasteiger partial charge in [0.2, 0.25) is 0 Å². The summed E-state index contributed by atoms with van der Waals surface area (Å²) < 4.78 is 2.09. The van der Waals surface area contributed by atoms with E-state index < -0.39 is 0 Å². The van der Waals surface area contributed by atoms with Crippen LogP contribution in [0.4, 0.5) is 5.69 Å². The fraction of sp³-hybridized carbons (Fsp3) is 0.118. The number of nitrogens with zero attached hydrogens (tertiary/aromatic N) is 3. The van der Waals surface area contributed by atoms with Gasteiger partial charge in [0.25, 0.3) is 0 Å². The van der Waals surface area contributed by atoms with Gasteiger partial charge < -0.3 is 4.90 Å². The second-order valence-electron chi connectivity index (χ2n) is 5.32. The maximum absolute atomic E-state index is 6.08. The van der Waals surface area contributed by atoms with Crippen molar-refractivity contribution in [2.45, 2.75) is 6.92 Å². The van der Waals surface area contributed by atoms with Crippen LogP contribution >= 0.6 is 35.0 Å². The van der Waals surface area contributed by atoms with Gasteiger partial charge in [0, 0.05) is 28.0 Å². The van der Waals surface area contributed by atoms with Crippen molar-refractivity contribution in [3.05, 3.63) is 69.4 Å². The van der Waals surface area contributed by atoms with E-state index in [9.17, 15) is 0 Å². The zero-order valence-corrected chi connectivity index (χ0v) is 14.7. The highest BCUT2D eigenvalue weighted by atomic mass is 35.5. The van der Waals surface area contributed by atoms with Gasteiger partial charge in [-0.1, -0.05) is 23.2 Å². The van der Waals surface area contributed by atoms with Gasteiger partial charge in [-0.3, -0.25) is 4.40 Å². The molecule has 0 unspecified atom stereocenters. The first-order valence-corrected chi connectivity index (χ1v) is 8.93. The Morgan fingerprint density at radius 3 is 2.65 bits per heavy atom. The summed E-state index contributed by atoms with van der Waals surface area (Å²) in [5.41, 5.74) is 5.20. The van der Waals surface area contributed by atoms with Crippen LogP contribution in [0.3, 0.4) is 0 Å². The third-order valence-corrected chi connectivity index (χ3v) is 5.12. The van der Waals surface area contributed by atoms with E-state index in [4.69, 9.17) is 23.2 Å². The molecule has 0 aliphatic carbocycles. The summed E-state index contributed by atoms with van der Waals surface area (Å²) in [5, 5.41) is 3.62. The Bertz CT molecular complexity index is 915. The number of thioether (sulfide) groups is 1. The van der Waals surface area contributed by atoms with E-state index in [1.807, 2.05) is 49.5 Å². The second kappa shape index (κ2) is 5.78. The summed E-state index contributed by atoms with van der Waals surface area (Å²) in [7, 11) is 0. The van der Waals surface area contributed by atoms with Crippen LogP contribution in [0.25, 0.3) is 11.3 Å². The smallest absolute Gasteiger partial charge is 0.139 e. The van der Waals surface area contributed by atoms with Crippen LogP contribution in [0.15, 0.2) is 48.0 Å². The number of imidazole rings is 1. The molecule has 0 fully saturated rings. The third kappa shape index (κ3) is 2.61. The van der Waals surface area contributed by atoms with E-state index >= 15 is 0 Å². The Hall–Kier alpha value is -1.62. The quantitative estimate of drug-likeness (QED) is 0.604. The molecule has 116 valence electrons. The molecule has 3 nitrogen and oxygen atoms in total. The van der Waals surface area contributed by atoms with Gasteiger partial charge in [-0.05, 0) is 42.7 Å². The lowest BCUT2D eigenvalue weighted by Gasteiger charge is -2.22. The number of anilines is 1. The molecule has 0 amide bonds. The van der Waals surface area contributed by atoms with Crippen LogP contribution in [0.1, 0.15) is 11.4 Å². The maximum atomic E-state index is 6.08. The molecule has 23 heavy (non-hydrogen) atoms. The monoisotopic (exact) mass is 361 g/mol. The highest BCUT2D eigenvalue weighted by Crippen LogP contribution is 2.37. The zero-order chi connectivity index (χ0) is 16.0. The van der Waals surface area contributed by atoms with Crippen molar-refractivity contribution in [3.63, 3.8) is 0 Å². The second-order valence-corrected chi connectivity index (χ2v) is 7.02. The fourth-order valence-corrected chi connectivity index (χ4v) is 3.98. The number of fused-ring (bicyclic) bond motifs is 1. The Morgan fingerprint density at radius 2 is 1.87 bits per heavy atom. The predicted octanol–water partition coefficient (Wildman–Crippen LogP) is 5.46. The molecule has 6 heteroatoms. The molecule has 0 N–H and O–H groups in total. The van der Waals surface area contributed by atoms with Gasteiger partial charge in [-0.25, -0.2) is 4.98 Å². The number of hydrogen-bond acceptors (Lipinski definition) is 3. The molecule has 1 aliphatic rings. The molecule has 0 radical (unpaired) electrons. The molecule has 0 saturated carbocycles. The lowest BCUT2D eigenvalue weighted by atomic mass is 10.2. The Balaban J connectivity index is 1.83. The summed E-state index contributed by atoms with van der Waals surface area (Å²) in [6, 6.07) is 11.7. The van der Waals surface area contributed by atoms with Crippen molar-refractivity contribution in [1.29, 1.82) is 0 Å². The minimum Gasteiger partial charge on any atom is -0.329 e. The van der Waals surface area contributed by atoms with Crippen molar-refractivity contribution < 1.29 is 0 Å². The molecule has 2 aromatic heterocycles. The Labute approximate surface area is 148 Å². The maximum Gasteiger partial charge on any atom is 0.139 e. The predicted molar refractivity (Wildman–Crippen MR) is 99.3 cm³/mol. The molecule has 0 spiro atoms. The molecule has 0 atom stereocenters. The van der Waals surface area contributed by atoms with Crippen LogP contribution in [0, 0.1) is 6.92 Å². The minimum atomic E-state index is 0.693. The number of hydrogen-bond donors (Lipinski definition) is 0. The lowest BCUT2D eigenvalue weighted by Crippen LogP contribution is -2.18. The number of aromatic nitrogens is 2. The number of halogens is 2. The summed E-state index contributed by atoms with van der Waals surface area (Å²) in [4.78, 5) is 6.91. The van der Waals surface area contributed by atoms with Crippen molar-refractivity contribution >= 4 is 52.0 Å². The number of benzene rings is 1. The fourth-order valence-electron chi connectivity index (χ4n) is 2.79. The van der Waals surface area contributed by atoms with E-state index in [-0.39, 0.29) is 0 Å². The molecule has 1 aromatic carbocycles. The van der Waals surface area contributed by atoms with E-state index in [0.717, 1.165) is 39.3 Å². The zero-order valence-electron chi connectivity index (χ0n) is 12.3. The molecule has 0 bridgehead atoms. The highest BCUT2D eigenvalue weighted by molar-refractivity contribution is 8.02. The summed E-state index contributed by atoms with van der Waals surface area (Å²) in [6.07, 6.45) is 1.97. The molecule has 3 aromatic rings. The first kappa shape index (κ1) is 14.9. The van der Waals surface area contributed by atoms with Crippen molar-refractivity contribution in [2.24, 2.45) is 0 Å². The minimum absolute atomic E-state index is 0.693. The summed E-state index contributed by atoms with van der Waals surface area (Å²) in [6.45, 7) is 2.03. The first-order valence-electron chi connectivity index (χ1n) is 7.13. The van der Waals surface area contributed by atoms with Crippen molar-refractivity contribution in [1.82, 2.24) is 9.38 Å².